The van der Waals surface area contributed by atoms with E-state index in [1.165, 1.54) is 0 Å². The summed E-state index contributed by atoms with van der Waals surface area (Å²) < 4.78 is 5.55. The molecule has 25 heavy (non-hydrogen) atoms. The van der Waals surface area contributed by atoms with Gasteiger partial charge in [0.05, 0.1) is 6.61 Å². The van der Waals surface area contributed by atoms with Crippen LogP contribution in [0.2, 0.25) is 5.02 Å². The molecule has 4 nitrogen and oxygen atoms in total. The number of aromatic nitrogens is 1. The quantitative estimate of drug-likeness (QED) is 0.399. The lowest BCUT2D eigenvalue weighted by Gasteiger charge is -2.07. The molecule has 0 aliphatic heterocycles. The molecule has 1 heterocycles. The molecule has 3 rings (SSSR count). The van der Waals surface area contributed by atoms with Crippen LogP contribution < -0.4 is 4.74 Å². The molecule has 0 aliphatic carbocycles. The van der Waals surface area contributed by atoms with Crippen molar-refractivity contribution in [3.8, 4) is 11.8 Å². The molecule has 0 saturated heterocycles. The van der Waals surface area contributed by atoms with Gasteiger partial charge < -0.3 is 9.72 Å². The first-order valence-corrected chi connectivity index (χ1v) is 8.16. The second-order valence-corrected chi connectivity index (χ2v) is 5.80. The fourth-order valence-corrected chi connectivity index (χ4v) is 2.79. The van der Waals surface area contributed by atoms with Gasteiger partial charge in [0.1, 0.15) is 17.4 Å². The van der Waals surface area contributed by atoms with Gasteiger partial charge in [0.2, 0.25) is 5.78 Å². The van der Waals surface area contributed by atoms with Crippen molar-refractivity contribution in [3.05, 3.63) is 70.4 Å². The second kappa shape index (κ2) is 7.25. The summed E-state index contributed by atoms with van der Waals surface area (Å²) in [6.07, 6.45) is 3.16. The van der Waals surface area contributed by atoms with E-state index >= 15 is 0 Å². The highest BCUT2D eigenvalue weighted by molar-refractivity contribution is 6.31. The number of ketones is 1. The number of halogens is 1. The predicted molar refractivity (Wildman–Crippen MR) is 98.8 cm³/mol. The zero-order chi connectivity index (χ0) is 17.8. The predicted octanol–water partition coefficient (Wildman–Crippen LogP) is 5.01. The SMILES string of the molecule is CCOc1ccccc1/C=C(\C#N)C(=O)c1c[nH]c2cc(Cl)ccc12. The zero-order valence-electron chi connectivity index (χ0n) is 13.5. The number of benzene rings is 2. The summed E-state index contributed by atoms with van der Waals surface area (Å²) in [5.74, 6) is 0.290. The lowest BCUT2D eigenvalue weighted by atomic mass is 10.0. The van der Waals surface area contributed by atoms with Crippen LogP contribution in [0, 0.1) is 11.3 Å². The number of H-pyrrole nitrogens is 1. The van der Waals surface area contributed by atoms with E-state index in [9.17, 15) is 10.1 Å². The summed E-state index contributed by atoms with van der Waals surface area (Å²) in [4.78, 5) is 15.8. The number of Topliss-reactive ketones (excluding diaryl/α,β-unsaturated/α-hetero) is 1. The van der Waals surface area contributed by atoms with Gasteiger partial charge in [-0.3, -0.25) is 4.79 Å². The monoisotopic (exact) mass is 350 g/mol. The minimum atomic E-state index is -0.345. The number of nitrogens with one attached hydrogen (secondary N) is 1. The summed E-state index contributed by atoms with van der Waals surface area (Å²) >= 11 is 5.97. The normalized spacial score (nSPS) is 11.3. The van der Waals surface area contributed by atoms with E-state index in [1.807, 2.05) is 37.3 Å². The maximum atomic E-state index is 12.8. The number of hydrogen-bond acceptors (Lipinski definition) is 3. The van der Waals surface area contributed by atoms with Crippen LogP contribution in [-0.4, -0.2) is 17.4 Å². The van der Waals surface area contributed by atoms with Crippen LogP contribution >= 0.6 is 11.6 Å². The summed E-state index contributed by atoms with van der Waals surface area (Å²) in [7, 11) is 0. The number of ether oxygens (including phenoxy) is 1. The minimum Gasteiger partial charge on any atom is -0.493 e. The molecule has 3 aromatic rings. The summed E-state index contributed by atoms with van der Waals surface area (Å²) in [6.45, 7) is 2.39. The van der Waals surface area contributed by atoms with E-state index in [2.05, 4.69) is 4.98 Å². The molecule has 0 aliphatic rings. The van der Waals surface area contributed by atoms with E-state index in [0.717, 1.165) is 10.9 Å². The van der Waals surface area contributed by atoms with Crippen LogP contribution in [0.3, 0.4) is 0 Å². The number of nitrogens with zero attached hydrogens (tertiary/aromatic N) is 1. The number of hydrogen-bond donors (Lipinski definition) is 1. The standard InChI is InChI=1S/C20H15ClN2O2/c1-2-25-19-6-4-3-5-13(19)9-14(11-22)20(24)17-12-23-18-10-15(21)7-8-16(17)18/h3-10,12,23H,2H2,1H3/b14-9+. The van der Waals surface area contributed by atoms with Crippen molar-refractivity contribution in [1.82, 2.24) is 4.98 Å². The fraction of sp³-hybridized carbons (Fsp3) is 0.100. The number of para-hydroxylation sites is 1. The van der Waals surface area contributed by atoms with Crippen LogP contribution in [-0.2, 0) is 0 Å². The Kier molecular flexibility index (Phi) is 4.87. The van der Waals surface area contributed by atoms with Crippen molar-refractivity contribution in [3.63, 3.8) is 0 Å². The van der Waals surface area contributed by atoms with Crippen molar-refractivity contribution < 1.29 is 9.53 Å². The number of rotatable bonds is 5. The van der Waals surface area contributed by atoms with E-state index in [1.54, 1.807) is 30.5 Å². The molecule has 2 aromatic carbocycles. The number of carbonyl (C=O) groups excluding carboxylic acids is 1. The van der Waals surface area contributed by atoms with Crippen molar-refractivity contribution in [2.24, 2.45) is 0 Å². The van der Waals surface area contributed by atoms with Gasteiger partial charge in [-0.05, 0) is 31.2 Å². The van der Waals surface area contributed by atoms with Gasteiger partial charge in [-0.15, -0.1) is 0 Å². The molecule has 5 heteroatoms. The molecule has 1 N–H and O–H groups in total. The van der Waals surface area contributed by atoms with Gasteiger partial charge in [0.25, 0.3) is 0 Å². The maximum absolute atomic E-state index is 12.8. The van der Waals surface area contributed by atoms with Crippen LogP contribution in [0.15, 0.2) is 54.2 Å². The van der Waals surface area contributed by atoms with E-state index in [4.69, 9.17) is 16.3 Å². The van der Waals surface area contributed by atoms with Crippen LogP contribution in [0.5, 0.6) is 5.75 Å². The van der Waals surface area contributed by atoms with Gasteiger partial charge in [0.15, 0.2) is 0 Å². The summed E-state index contributed by atoms with van der Waals surface area (Å²) in [5.41, 5.74) is 1.93. The number of fused-ring (bicyclic) bond motifs is 1. The van der Waals surface area contributed by atoms with E-state index < -0.39 is 0 Å². The Morgan fingerprint density at radius 2 is 2.12 bits per heavy atom. The molecule has 124 valence electrons. The number of carbonyl (C=O) groups is 1. The highest BCUT2D eigenvalue weighted by Crippen LogP contribution is 2.26. The average molecular weight is 351 g/mol. The van der Waals surface area contributed by atoms with Gasteiger partial charge in [0, 0.05) is 33.2 Å². The zero-order valence-corrected chi connectivity index (χ0v) is 14.3. The highest BCUT2D eigenvalue weighted by atomic mass is 35.5. The molecule has 0 spiro atoms. The maximum Gasteiger partial charge on any atom is 0.205 e. The molecule has 0 radical (unpaired) electrons. The molecule has 0 unspecified atom stereocenters. The Morgan fingerprint density at radius 1 is 1.32 bits per heavy atom. The summed E-state index contributed by atoms with van der Waals surface area (Å²) in [6, 6.07) is 14.5. The van der Waals surface area contributed by atoms with Crippen molar-refractivity contribution >= 4 is 34.4 Å². The van der Waals surface area contributed by atoms with Gasteiger partial charge in [-0.1, -0.05) is 35.9 Å². The number of nitriles is 1. The Balaban J connectivity index is 2.03. The van der Waals surface area contributed by atoms with Gasteiger partial charge >= 0.3 is 0 Å². The first kappa shape index (κ1) is 16.8. The van der Waals surface area contributed by atoms with Crippen LogP contribution in [0.25, 0.3) is 17.0 Å². The fourth-order valence-electron chi connectivity index (χ4n) is 2.62. The smallest absolute Gasteiger partial charge is 0.205 e. The molecule has 0 atom stereocenters. The molecule has 1 aromatic heterocycles. The third-order valence-corrected chi connectivity index (χ3v) is 4.01. The molecule has 0 amide bonds. The lowest BCUT2D eigenvalue weighted by molar-refractivity contribution is 0.104. The number of allylic oxidation sites excluding steroid dienone is 1. The molecule has 0 fully saturated rings. The Hall–Kier alpha value is -3.03. The third kappa shape index (κ3) is 3.42. The lowest BCUT2D eigenvalue weighted by Crippen LogP contribution is -2.01. The Morgan fingerprint density at radius 3 is 2.88 bits per heavy atom. The van der Waals surface area contributed by atoms with Crippen molar-refractivity contribution in [2.75, 3.05) is 6.61 Å². The molecule has 0 saturated carbocycles. The summed E-state index contributed by atoms with van der Waals surface area (Å²) in [5, 5.41) is 10.8. The average Bonchev–Trinajstić information content (AvgIpc) is 3.03. The minimum absolute atomic E-state index is 0.0444. The van der Waals surface area contributed by atoms with Gasteiger partial charge in [-0.2, -0.15) is 5.26 Å². The third-order valence-electron chi connectivity index (χ3n) is 3.77. The largest absolute Gasteiger partial charge is 0.493 e. The van der Waals surface area contributed by atoms with Crippen LogP contribution in [0.4, 0.5) is 0 Å². The number of aromatic amines is 1. The molecular weight excluding hydrogens is 336 g/mol. The van der Waals surface area contributed by atoms with E-state index in [0.29, 0.717) is 28.5 Å². The highest BCUT2D eigenvalue weighted by Gasteiger charge is 2.17. The van der Waals surface area contributed by atoms with Crippen LogP contribution in [0.1, 0.15) is 22.8 Å². The first-order chi connectivity index (χ1) is 12.1. The first-order valence-electron chi connectivity index (χ1n) is 7.79. The molecular formula is C20H15ClN2O2. The molecule has 0 bridgehead atoms. The second-order valence-electron chi connectivity index (χ2n) is 5.36. The van der Waals surface area contributed by atoms with Crippen molar-refractivity contribution in [1.29, 1.82) is 5.26 Å². The van der Waals surface area contributed by atoms with Crippen molar-refractivity contribution in [2.45, 2.75) is 6.92 Å². The Bertz CT molecular complexity index is 1010. The Labute approximate surface area is 150 Å². The topological polar surface area (TPSA) is 65.9 Å². The van der Waals surface area contributed by atoms with Gasteiger partial charge in [-0.25, -0.2) is 0 Å². The van der Waals surface area contributed by atoms with E-state index in [-0.39, 0.29) is 11.4 Å².